The van der Waals surface area contributed by atoms with Gasteiger partial charge in [0.25, 0.3) is 0 Å². The normalized spacial score (nSPS) is 18.1. The number of nitrogens with one attached hydrogen (secondary N) is 1. The molecule has 4 rings (SSSR count). The van der Waals surface area contributed by atoms with Crippen LogP contribution in [0.4, 0.5) is 0 Å². The largest absolute Gasteiger partial charge is 0.344 e. The molecule has 0 radical (unpaired) electrons. The number of aromatic nitrogens is 1. The summed E-state index contributed by atoms with van der Waals surface area (Å²) in [6, 6.07) is 4.33. The van der Waals surface area contributed by atoms with Crippen LogP contribution in [-0.2, 0) is 25.3 Å². The van der Waals surface area contributed by atoms with E-state index in [0.29, 0.717) is 0 Å². The molecule has 0 spiro atoms. The van der Waals surface area contributed by atoms with E-state index in [-0.39, 0.29) is 12.4 Å². The van der Waals surface area contributed by atoms with Crippen LogP contribution in [0.25, 0.3) is 10.9 Å². The zero-order valence-corrected chi connectivity index (χ0v) is 13.6. The first-order valence-electron chi connectivity index (χ1n) is 6.95. The summed E-state index contributed by atoms with van der Waals surface area (Å²) >= 11 is 8.37. The average Bonchev–Trinajstić information content (AvgIpc) is 2.70. The Bertz CT molecular complexity index is 651. The number of rotatable bonds is 0. The topological polar surface area (TPSA) is 17.0 Å². The first-order chi connectivity index (χ1) is 9.34. The number of hydrogen-bond donors (Lipinski definition) is 1. The molecule has 0 bridgehead atoms. The summed E-state index contributed by atoms with van der Waals surface area (Å²) in [5.41, 5.74) is 5.90. The summed E-state index contributed by atoms with van der Waals surface area (Å²) in [5.74, 6) is 2.34. The van der Waals surface area contributed by atoms with Crippen LogP contribution in [0.15, 0.2) is 12.1 Å². The Hall–Kier alpha value is -0.350. The van der Waals surface area contributed by atoms with Crippen molar-refractivity contribution in [1.82, 2.24) is 9.88 Å². The molecule has 3 heterocycles. The standard InChI is InChI=1S/C15H17ClN2S.ClH/c16-11-6-10-9-19-5-1-4-18-14-2-3-17-8-13(14)12(7-11)15(10)18;/h6-7,17H,1-5,8-9H2;1H. The lowest BCUT2D eigenvalue weighted by Gasteiger charge is -2.18. The van der Waals surface area contributed by atoms with E-state index in [0.717, 1.165) is 36.8 Å². The maximum atomic E-state index is 6.33. The maximum absolute atomic E-state index is 6.33. The van der Waals surface area contributed by atoms with Crippen molar-refractivity contribution in [3.8, 4) is 0 Å². The van der Waals surface area contributed by atoms with Crippen LogP contribution in [-0.4, -0.2) is 16.9 Å². The van der Waals surface area contributed by atoms with Crippen molar-refractivity contribution in [2.75, 3.05) is 12.3 Å². The minimum atomic E-state index is 0. The summed E-state index contributed by atoms with van der Waals surface area (Å²) in [4.78, 5) is 0. The molecule has 0 aliphatic carbocycles. The highest BCUT2D eigenvalue weighted by atomic mass is 35.5. The second-order valence-electron chi connectivity index (χ2n) is 5.37. The fourth-order valence-electron chi connectivity index (χ4n) is 3.42. The van der Waals surface area contributed by atoms with Crippen LogP contribution in [0.3, 0.4) is 0 Å². The van der Waals surface area contributed by atoms with Gasteiger partial charge in [-0.05, 0) is 35.4 Å². The van der Waals surface area contributed by atoms with Crippen molar-refractivity contribution in [1.29, 1.82) is 0 Å². The lowest BCUT2D eigenvalue weighted by atomic mass is 10.0. The van der Waals surface area contributed by atoms with E-state index >= 15 is 0 Å². The third-order valence-corrected chi connectivity index (χ3v) is 5.50. The van der Waals surface area contributed by atoms with Crippen LogP contribution in [0, 0.1) is 0 Å². The lowest BCUT2D eigenvalue weighted by molar-refractivity contribution is 0.590. The van der Waals surface area contributed by atoms with E-state index in [4.69, 9.17) is 11.6 Å². The Morgan fingerprint density at radius 1 is 1.30 bits per heavy atom. The molecule has 1 N–H and O–H groups in total. The number of aryl methyl sites for hydroxylation is 1. The summed E-state index contributed by atoms with van der Waals surface area (Å²) in [6.07, 6.45) is 2.42. The van der Waals surface area contributed by atoms with Gasteiger partial charge < -0.3 is 9.88 Å². The molecule has 0 amide bonds. The summed E-state index contributed by atoms with van der Waals surface area (Å²) in [6.45, 7) is 3.25. The summed E-state index contributed by atoms with van der Waals surface area (Å²) < 4.78 is 2.58. The molecule has 1 aromatic heterocycles. The number of thioether (sulfide) groups is 1. The predicted octanol–water partition coefficient (Wildman–Crippen LogP) is 4.00. The van der Waals surface area contributed by atoms with Crippen LogP contribution >= 0.6 is 35.8 Å². The zero-order chi connectivity index (χ0) is 12.8. The number of halogens is 2. The molecule has 2 aliphatic heterocycles. The van der Waals surface area contributed by atoms with Crippen LogP contribution in [0.5, 0.6) is 0 Å². The van der Waals surface area contributed by atoms with Gasteiger partial charge in [0.2, 0.25) is 0 Å². The van der Waals surface area contributed by atoms with Gasteiger partial charge in [-0.2, -0.15) is 11.8 Å². The molecule has 0 fully saturated rings. The van der Waals surface area contributed by atoms with Gasteiger partial charge in [0.1, 0.15) is 0 Å². The second-order valence-corrected chi connectivity index (χ2v) is 6.91. The van der Waals surface area contributed by atoms with Crippen molar-refractivity contribution in [3.63, 3.8) is 0 Å². The molecule has 0 atom stereocenters. The highest BCUT2D eigenvalue weighted by molar-refractivity contribution is 7.98. The zero-order valence-electron chi connectivity index (χ0n) is 11.2. The minimum Gasteiger partial charge on any atom is -0.344 e. The quantitative estimate of drug-likeness (QED) is 0.787. The van der Waals surface area contributed by atoms with Crippen LogP contribution < -0.4 is 5.32 Å². The molecular weight excluding hydrogens is 311 g/mol. The summed E-state index contributed by atoms with van der Waals surface area (Å²) in [7, 11) is 0. The van der Waals surface area contributed by atoms with E-state index in [1.165, 1.54) is 34.2 Å². The number of fused-ring (bicyclic) bond motifs is 3. The molecule has 1 aromatic carbocycles. The van der Waals surface area contributed by atoms with Crippen molar-refractivity contribution in [2.45, 2.75) is 31.7 Å². The Morgan fingerprint density at radius 2 is 2.20 bits per heavy atom. The highest BCUT2D eigenvalue weighted by Gasteiger charge is 2.22. The van der Waals surface area contributed by atoms with E-state index < -0.39 is 0 Å². The molecule has 2 aliphatic rings. The highest BCUT2D eigenvalue weighted by Crippen LogP contribution is 2.36. The van der Waals surface area contributed by atoms with Gasteiger partial charge >= 0.3 is 0 Å². The molecule has 0 saturated heterocycles. The molecule has 108 valence electrons. The van der Waals surface area contributed by atoms with E-state index in [1.807, 2.05) is 11.8 Å². The van der Waals surface area contributed by atoms with Crippen molar-refractivity contribution in [3.05, 3.63) is 34.0 Å². The molecular formula is C15H18Cl2N2S. The molecule has 2 aromatic rings. The third kappa shape index (κ3) is 2.25. The fraction of sp³-hybridized carbons (Fsp3) is 0.467. The predicted molar refractivity (Wildman–Crippen MR) is 90.4 cm³/mol. The van der Waals surface area contributed by atoms with Crippen LogP contribution in [0.2, 0.25) is 5.02 Å². The fourth-order valence-corrected chi connectivity index (χ4v) is 4.58. The Morgan fingerprint density at radius 3 is 3.10 bits per heavy atom. The smallest absolute Gasteiger partial charge is 0.0527 e. The first-order valence-corrected chi connectivity index (χ1v) is 8.48. The van der Waals surface area contributed by atoms with Gasteiger partial charge in [-0.1, -0.05) is 11.6 Å². The third-order valence-electron chi connectivity index (χ3n) is 4.19. The first kappa shape index (κ1) is 14.6. The Labute approximate surface area is 134 Å². The van der Waals surface area contributed by atoms with Gasteiger partial charge in [0.05, 0.1) is 5.52 Å². The van der Waals surface area contributed by atoms with Gasteiger partial charge in [-0.3, -0.25) is 0 Å². The van der Waals surface area contributed by atoms with Gasteiger partial charge in [-0.15, -0.1) is 12.4 Å². The Kier molecular flexibility index (Phi) is 4.23. The van der Waals surface area contributed by atoms with Gasteiger partial charge in [0.15, 0.2) is 0 Å². The maximum Gasteiger partial charge on any atom is 0.0527 e. The monoisotopic (exact) mass is 328 g/mol. The number of benzene rings is 1. The molecule has 0 saturated carbocycles. The molecule has 0 unspecified atom stereocenters. The van der Waals surface area contributed by atoms with Crippen molar-refractivity contribution in [2.24, 2.45) is 0 Å². The number of hydrogen-bond acceptors (Lipinski definition) is 2. The molecule has 20 heavy (non-hydrogen) atoms. The van der Waals surface area contributed by atoms with E-state index in [9.17, 15) is 0 Å². The second kappa shape index (κ2) is 5.80. The van der Waals surface area contributed by atoms with Crippen LogP contribution in [0.1, 0.15) is 23.2 Å². The molecule has 5 heteroatoms. The summed E-state index contributed by atoms with van der Waals surface area (Å²) in [5, 5.41) is 5.76. The Balaban J connectivity index is 0.00000121. The van der Waals surface area contributed by atoms with E-state index in [2.05, 4.69) is 22.0 Å². The number of nitrogens with zero attached hydrogens (tertiary/aromatic N) is 1. The van der Waals surface area contributed by atoms with E-state index in [1.54, 1.807) is 5.69 Å². The van der Waals surface area contributed by atoms with Gasteiger partial charge in [-0.25, -0.2) is 0 Å². The average molecular weight is 329 g/mol. The van der Waals surface area contributed by atoms with Gasteiger partial charge in [0, 0.05) is 47.9 Å². The molecule has 2 nitrogen and oxygen atoms in total. The lowest BCUT2D eigenvalue weighted by Crippen LogP contribution is -2.24. The SMILES string of the molecule is Cl.Clc1cc2c3c(c1)c1c(n3CCCSC2)CCNC1. The van der Waals surface area contributed by atoms with Crippen molar-refractivity contribution >= 4 is 46.7 Å². The minimum absolute atomic E-state index is 0. The van der Waals surface area contributed by atoms with Crippen molar-refractivity contribution < 1.29 is 0 Å².